The van der Waals surface area contributed by atoms with Gasteiger partial charge in [-0.15, -0.1) is 22.9 Å². The second-order valence-electron chi connectivity index (χ2n) is 2.83. The Kier molecular flexibility index (Phi) is 2.70. The minimum absolute atomic E-state index is 0.00975. The van der Waals surface area contributed by atoms with Crippen LogP contribution < -0.4 is 5.32 Å². The van der Waals surface area contributed by atoms with Crippen LogP contribution >= 0.6 is 22.9 Å². The largest absolute Gasteiger partial charge is 0.324 e. The number of hydrogen-bond acceptors (Lipinski definition) is 2. The fourth-order valence-corrected chi connectivity index (χ4v) is 2.22. The summed E-state index contributed by atoms with van der Waals surface area (Å²) in [5.41, 5.74) is 0.844. The second kappa shape index (κ2) is 3.98. The van der Waals surface area contributed by atoms with Gasteiger partial charge in [-0.05, 0) is 6.07 Å². The van der Waals surface area contributed by atoms with Gasteiger partial charge in [-0.2, -0.15) is 0 Å². The van der Waals surface area contributed by atoms with E-state index in [9.17, 15) is 4.79 Å². The zero-order valence-corrected chi connectivity index (χ0v) is 8.86. The Balaban J connectivity index is 2.38. The third-order valence-electron chi connectivity index (χ3n) is 1.88. The number of anilines is 1. The predicted octanol–water partition coefficient (Wildman–Crippen LogP) is 3.08. The Bertz CT molecular complexity index is 466. The Morgan fingerprint density at radius 2 is 2.21 bits per heavy atom. The molecule has 2 rings (SSSR count). The average molecular weight is 226 g/mol. The summed E-state index contributed by atoms with van der Waals surface area (Å²) in [5, 5.41) is 5.75. The molecule has 1 aromatic heterocycles. The van der Waals surface area contributed by atoms with Crippen LogP contribution in [0.5, 0.6) is 0 Å². The van der Waals surface area contributed by atoms with Gasteiger partial charge in [0.1, 0.15) is 5.88 Å². The highest BCUT2D eigenvalue weighted by Crippen LogP contribution is 2.29. The molecule has 0 atom stereocenters. The van der Waals surface area contributed by atoms with E-state index in [4.69, 9.17) is 11.6 Å². The van der Waals surface area contributed by atoms with Crippen LogP contribution in [-0.2, 0) is 4.79 Å². The van der Waals surface area contributed by atoms with Crippen molar-refractivity contribution in [2.75, 3.05) is 11.2 Å². The Labute approximate surface area is 90.5 Å². The number of amides is 1. The summed E-state index contributed by atoms with van der Waals surface area (Å²) in [7, 11) is 0. The number of halogens is 1. The highest BCUT2D eigenvalue weighted by molar-refractivity contribution is 7.17. The fraction of sp³-hybridized carbons (Fsp3) is 0.100. The number of carbonyl (C=O) groups is 1. The van der Waals surface area contributed by atoms with Crippen molar-refractivity contribution in [3.63, 3.8) is 0 Å². The SMILES string of the molecule is O=C(CCl)Nc1csc2ccccc12. The van der Waals surface area contributed by atoms with Gasteiger partial charge in [-0.25, -0.2) is 0 Å². The molecule has 0 fully saturated rings. The lowest BCUT2D eigenvalue weighted by atomic mass is 10.2. The van der Waals surface area contributed by atoms with Crippen molar-refractivity contribution in [3.8, 4) is 0 Å². The molecular weight excluding hydrogens is 218 g/mol. The van der Waals surface area contributed by atoms with E-state index in [1.54, 1.807) is 11.3 Å². The van der Waals surface area contributed by atoms with E-state index in [1.807, 2.05) is 29.6 Å². The highest BCUT2D eigenvalue weighted by Gasteiger charge is 2.05. The van der Waals surface area contributed by atoms with Crippen molar-refractivity contribution < 1.29 is 4.79 Å². The minimum atomic E-state index is -0.171. The smallest absolute Gasteiger partial charge is 0.239 e. The molecular formula is C10H8ClNOS. The summed E-state index contributed by atoms with van der Waals surface area (Å²) < 4.78 is 1.16. The molecule has 0 radical (unpaired) electrons. The van der Waals surface area contributed by atoms with Gasteiger partial charge >= 0.3 is 0 Å². The number of carbonyl (C=O) groups excluding carboxylic acids is 1. The number of benzene rings is 1. The van der Waals surface area contributed by atoms with Crippen molar-refractivity contribution in [2.45, 2.75) is 0 Å². The molecule has 72 valence electrons. The van der Waals surface area contributed by atoms with Gasteiger partial charge in [-0.3, -0.25) is 4.79 Å². The molecule has 0 saturated heterocycles. The first-order valence-corrected chi connectivity index (χ1v) is 5.54. The Hall–Kier alpha value is -1.06. The summed E-state index contributed by atoms with van der Waals surface area (Å²) in [4.78, 5) is 11.1. The van der Waals surface area contributed by atoms with Gasteiger partial charge in [0.25, 0.3) is 0 Å². The second-order valence-corrected chi connectivity index (χ2v) is 4.01. The van der Waals surface area contributed by atoms with E-state index in [-0.39, 0.29) is 11.8 Å². The standard InChI is InChI=1S/C10H8ClNOS/c11-5-10(13)12-8-6-14-9-4-2-1-3-7(8)9/h1-4,6H,5H2,(H,12,13). The lowest BCUT2D eigenvalue weighted by Gasteiger charge is -1.99. The number of hydrogen-bond donors (Lipinski definition) is 1. The summed E-state index contributed by atoms with van der Waals surface area (Å²) >= 11 is 7.02. The van der Waals surface area contributed by atoms with Gasteiger partial charge in [-0.1, -0.05) is 18.2 Å². The van der Waals surface area contributed by atoms with Crippen molar-refractivity contribution in [3.05, 3.63) is 29.6 Å². The molecule has 2 nitrogen and oxygen atoms in total. The molecule has 14 heavy (non-hydrogen) atoms. The summed E-state index contributed by atoms with van der Waals surface area (Å²) in [5.74, 6) is -0.181. The summed E-state index contributed by atoms with van der Waals surface area (Å²) in [6.07, 6.45) is 0. The number of nitrogens with one attached hydrogen (secondary N) is 1. The quantitative estimate of drug-likeness (QED) is 0.782. The molecule has 1 N–H and O–H groups in total. The van der Waals surface area contributed by atoms with Crippen LogP contribution in [0, 0.1) is 0 Å². The van der Waals surface area contributed by atoms with Crippen LogP contribution in [0.3, 0.4) is 0 Å². The maximum Gasteiger partial charge on any atom is 0.239 e. The van der Waals surface area contributed by atoms with E-state index in [0.717, 1.165) is 15.8 Å². The van der Waals surface area contributed by atoms with E-state index >= 15 is 0 Å². The molecule has 1 aromatic carbocycles. The van der Waals surface area contributed by atoms with Gasteiger partial charge in [0, 0.05) is 15.5 Å². The molecule has 0 aliphatic carbocycles. The first-order chi connectivity index (χ1) is 6.81. The molecule has 1 amide bonds. The molecule has 0 aliphatic rings. The lowest BCUT2D eigenvalue weighted by Crippen LogP contribution is -2.11. The third kappa shape index (κ3) is 1.74. The number of rotatable bonds is 2. The maximum atomic E-state index is 11.1. The molecule has 0 unspecified atom stereocenters. The van der Waals surface area contributed by atoms with Crippen LogP contribution in [0.15, 0.2) is 29.6 Å². The van der Waals surface area contributed by atoms with E-state index in [1.165, 1.54) is 0 Å². The molecule has 2 aromatic rings. The molecule has 0 saturated carbocycles. The third-order valence-corrected chi connectivity index (χ3v) is 3.08. The Morgan fingerprint density at radius 1 is 1.43 bits per heavy atom. The maximum absolute atomic E-state index is 11.1. The summed E-state index contributed by atoms with van der Waals surface area (Å²) in [6.45, 7) is 0. The first-order valence-electron chi connectivity index (χ1n) is 4.13. The lowest BCUT2D eigenvalue weighted by molar-refractivity contribution is -0.113. The van der Waals surface area contributed by atoms with E-state index < -0.39 is 0 Å². The monoisotopic (exact) mass is 225 g/mol. The molecule has 0 spiro atoms. The molecule has 4 heteroatoms. The number of alkyl halides is 1. The van der Waals surface area contributed by atoms with Gasteiger partial charge in [0.05, 0.1) is 5.69 Å². The number of thiophene rings is 1. The average Bonchev–Trinajstić information content (AvgIpc) is 2.62. The normalized spacial score (nSPS) is 10.4. The van der Waals surface area contributed by atoms with E-state index in [2.05, 4.69) is 5.32 Å². The van der Waals surface area contributed by atoms with Crippen LogP contribution in [0.2, 0.25) is 0 Å². The van der Waals surface area contributed by atoms with Crippen molar-refractivity contribution >= 4 is 44.6 Å². The van der Waals surface area contributed by atoms with Crippen LogP contribution in [0.4, 0.5) is 5.69 Å². The van der Waals surface area contributed by atoms with Gasteiger partial charge < -0.3 is 5.32 Å². The van der Waals surface area contributed by atoms with Crippen LogP contribution in [0.1, 0.15) is 0 Å². The molecule has 1 heterocycles. The summed E-state index contributed by atoms with van der Waals surface area (Å²) in [6, 6.07) is 7.93. The van der Waals surface area contributed by atoms with Gasteiger partial charge in [0.2, 0.25) is 5.91 Å². The fourth-order valence-electron chi connectivity index (χ4n) is 1.26. The van der Waals surface area contributed by atoms with E-state index in [0.29, 0.717) is 0 Å². The van der Waals surface area contributed by atoms with Crippen LogP contribution in [0.25, 0.3) is 10.1 Å². The number of fused-ring (bicyclic) bond motifs is 1. The first kappa shape index (κ1) is 9.49. The highest BCUT2D eigenvalue weighted by atomic mass is 35.5. The Morgan fingerprint density at radius 3 is 3.00 bits per heavy atom. The molecule has 0 aliphatic heterocycles. The van der Waals surface area contributed by atoms with Crippen molar-refractivity contribution in [1.82, 2.24) is 0 Å². The minimum Gasteiger partial charge on any atom is -0.324 e. The van der Waals surface area contributed by atoms with Crippen molar-refractivity contribution in [1.29, 1.82) is 0 Å². The van der Waals surface area contributed by atoms with Crippen LogP contribution in [-0.4, -0.2) is 11.8 Å². The van der Waals surface area contributed by atoms with Gasteiger partial charge in [0.15, 0.2) is 0 Å². The topological polar surface area (TPSA) is 29.1 Å². The van der Waals surface area contributed by atoms with Crippen molar-refractivity contribution in [2.24, 2.45) is 0 Å². The molecule has 0 bridgehead atoms. The zero-order chi connectivity index (χ0) is 9.97. The predicted molar refractivity (Wildman–Crippen MR) is 61.2 cm³/mol. The zero-order valence-electron chi connectivity index (χ0n) is 7.29.